The highest BCUT2D eigenvalue weighted by Crippen LogP contribution is 2.25. The molecule has 0 amide bonds. The van der Waals surface area contributed by atoms with E-state index in [-0.39, 0.29) is 10.6 Å². The van der Waals surface area contributed by atoms with Crippen LogP contribution in [0.2, 0.25) is 0 Å². The number of benzene rings is 1. The molecule has 0 aliphatic carbocycles. The van der Waals surface area contributed by atoms with Crippen LogP contribution in [-0.4, -0.2) is 24.1 Å². The van der Waals surface area contributed by atoms with Crippen LogP contribution in [0.1, 0.15) is 24.8 Å². The van der Waals surface area contributed by atoms with Gasteiger partial charge in [0, 0.05) is 18.7 Å². The van der Waals surface area contributed by atoms with E-state index in [1.54, 1.807) is 12.1 Å². The molecule has 1 heterocycles. The third-order valence-electron chi connectivity index (χ3n) is 3.32. The summed E-state index contributed by atoms with van der Waals surface area (Å²) in [6.45, 7) is 3.80. The van der Waals surface area contributed by atoms with Crippen molar-refractivity contribution in [1.29, 1.82) is 0 Å². The van der Waals surface area contributed by atoms with Gasteiger partial charge in [0.15, 0.2) is 0 Å². The summed E-state index contributed by atoms with van der Waals surface area (Å²) >= 11 is 0. The van der Waals surface area contributed by atoms with Gasteiger partial charge < -0.3 is 10.6 Å². The van der Waals surface area contributed by atoms with Crippen molar-refractivity contribution < 1.29 is 4.92 Å². The molecule has 1 saturated heterocycles. The third kappa shape index (κ3) is 3.20. The van der Waals surface area contributed by atoms with Crippen LogP contribution in [0.15, 0.2) is 18.2 Å². The zero-order valence-electron chi connectivity index (χ0n) is 10.6. The number of nitrogens with zero attached hydrogens (tertiary/aromatic N) is 1. The van der Waals surface area contributed by atoms with Crippen molar-refractivity contribution in [2.75, 3.05) is 18.4 Å². The fourth-order valence-electron chi connectivity index (χ4n) is 2.33. The molecule has 1 fully saturated rings. The Morgan fingerprint density at radius 3 is 3.06 bits per heavy atom. The zero-order valence-corrected chi connectivity index (χ0v) is 10.6. The maximum absolute atomic E-state index is 10.9. The number of nitrogens with one attached hydrogen (secondary N) is 2. The van der Waals surface area contributed by atoms with Gasteiger partial charge in [0.25, 0.3) is 5.69 Å². The summed E-state index contributed by atoms with van der Waals surface area (Å²) < 4.78 is 0. The Morgan fingerprint density at radius 1 is 1.56 bits per heavy atom. The smallest absolute Gasteiger partial charge is 0.292 e. The molecule has 5 nitrogen and oxygen atoms in total. The number of hydrogen-bond donors (Lipinski definition) is 2. The van der Waals surface area contributed by atoms with Gasteiger partial charge in [0.2, 0.25) is 0 Å². The van der Waals surface area contributed by atoms with Gasteiger partial charge in [0.05, 0.1) is 4.92 Å². The third-order valence-corrected chi connectivity index (χ3v) is 3.32. The Hall–Kier alpha value is -1.62. The highest BCUT2D eigenvalue weighted by atomic mass is 16.6. The molecule has 1 aromatic rings. The van der Waals surface area contributed by atoms with E-state index in [0.29, 0.717) is 11.7 Å². The summed E-state index contributed by atoms with van der Waals surface area (Å²) in [5.74, 6) is 0. The minimum Gasteiger partial charge on any atom is -0.379 e. The molecule has 0 saturated carbocycles. The zero-order chi connectivity index (χ0) is 13.0. The van der Waals surface area contributed by atoms with Gasteiger partial charge in [-0.05, 0) is 44.4 Å². The number of nitro benzene ring substituents is 1. The van der Waals surface area contributed by atoms with Crippen LogP contribution in [-0.2, 0) is 0 Å². The molecular weight excluding hydrogens is 230 g/mol. The molecule has 1 aliphatic rings. The summed E-state index contributed by atoms with van der Waals surface area (Å²) in [7, 11) is 0. The lowest BCUT2D eigenvalue weighted by Crippen LogP contribution is -2.24. The Labute approximate surface area is 107 Å². The number of hydrogen-bond acceptors (Lipinski definition) is 4. The Bertz CT molecular complexity index is 428. The summed E-state index contributed by atoms with van der Waals surface area (Å²) in [5.41, 5.74) is 1.81. The summed E-state index contributed by atoms with van der Waals surface area (Å²) in [6.07, 6.45) is 3.44. The van der Waals surface area contributed by atoms with Crippen molar-refractivity contribution in [3.8, 4) is 0 Å². The van der Waals surface area contributed by atoms with Crippen molar-refractivity contribution in [2.24, 2.45) is 0 Å². The van der Waals surface area contributed by atoms with Gasteiger partial charge in [-0.15, -0.1) is 0 Å². The first-order valence-corrected chi connectivity index (χ1v) is 6.39. The van der Waals surface area contributed by atoms with Crippen molar-refractivity contribution >= 4 is 11.4 Å². The molecule has 0 radical (unpaired) electrons. The van der Waals surface area contributed by atoms with Crippen LogP contribution >= 0.6 is 0 Å². The van der Waals surface area contributed by atoms with Crippen molar-refractivity contribution in [2.45, 2.75) is 32.2 Å². The molecule has 5 heteroatoms. The topological polar surface area (TPSA) is 67.2 Å². The Balaban J connectivity index is 1.94. The van der Waals surface area contributed by atoms with Crippen molar-refractivity contribution in [1.82, 2.24) is 5.32 Å². The molecule has 0 bridgehead atoms. The molecule has 98 valence electrons. The standard InChI is InChI=1S/C13H19N3O2/c1-10-4-5-13(16(17)18)12(9-10)15-8-6-11-3-2-7-14-11/h4-5,9,11,14-15H,2-3,6-8H2,1H3/t11-/m0/s1. The fraction of sp³-hybridized carbons (Fsp3) is 0.538. The van der Waals surface area contributed by atoms with Gasteiger partial charge >= 0.3 is 0 Å². The largest absolute Gasteiger partial charge is 0.379 e. The van der Waals surface area contributed by atoms with Crippen LogP contribution in [0.25, 0.3) is 0 Å². The van der Waals surface area contributed by atoms with Crippen molar-refractivity contribution in [3.63, 3.8) is 0 Å². The van der Waals surface area contributed by atoms with Crippen LogP contribution in [0, 0.1) is 17.0 Å². The molecule has 2 rings (SSSR count). The van der Waals surface area contributed by atoms with Crippen LogP contribution in [0.5, 0.6) is 0 Å². The molecule has 0 aromatic heterocycles. The lowest BCUT2D eigenvalue weighted by atomic mass is 10.1. The Kier molecular flexibility index (Phi) is 4.15. The van der Waals surface area contributed by atoms with Gasteiger partial charge in [-0.25, -0.2) is 0 Å². The molecule has 2 N–H and O–H groups in total. The molecule has 1 atom stereocenters. The molecule has 18 heavy (non-hydrogen) atoms. The number of rotatable bonds is 5. The molecule has 1 aromatic carbocycles. The van der Waals surface area contributed by atoms with Crippen LogP contribution in [0.3, 0.4) is 0 Å². The van der Waals surface area contributed by atoms with E-state index in [2.05, 4.69) is 10.6 Å². The average molecular weight is 249 g/mol. The molecule has 1 aliphatic heterocycles. The van der Waals surface area contributed by atoms with Gasteiger partial charge in [0.1, 0.15) is 5.69 Å². The first-order chi connectivity index (χ1) is 8.66. The van der Waals surface area contributed by atoms with E-state index in [1.807, 2.05) is 13.0 Å². The lowest BCUT2D eigenvalue weighted by Gasteiger charge is -2.12. The predicted molar refractivity (Wildman–Crippen MR) is 72.0 cm³/mol. The summed E-state index contributed by atoms with van der Waals surface area (Å²) in [6, 6.07) is 5.72. The Morgan fingerprint density at radius 2 is 2.39 bits per heavy atom. The molecular formula is C13H19N3O2. The lowest BCUT2D eigenvalue weighted by molar-refractivity contribution is -0.384. The highest BCUT2D eigenvalue weighted by molar-refractivity contribution is 5.62. The van der Waals surface area contributed by atoms with Gasteiger partial charge in [-0.1, -0.05) is 6.07 Å². The molecule has 0 spiro atoms. The van der Waals surface area contributed by atoms with E-state index >= 15 is 0 Å². The van der Waals surface area contributed by atoms with Gasteiger partial charge in [-0.3, -0.25) is 10.1 Å². The quantitative estimate of drug-likeness (QED) is 0.621. The highest BCUT2D eigenvalue weighted by Gasteiger charge is 2.15. The second-order valence-corrected chi connectivity index (χ2v) is 4.79. The van der Waals surface area contributed by atoms with E-state index in [4.69, 9.17) is 0 Å². The van der Waals surface area contributed by atoms with Gasteiger partial charge in [-0.2, -0.15) is 0 Å². The molecule has 0 unspecified atom stereocenters. The monoisotopic (exact) mass is 249 g/mol. The van der Waals surface area contributed by atoms with Crippen LogP contribution in [0.4, 0.5) is 11.4 Å². The van der Waals surface area contributed by atoms with E-state index in [1.165, 1.54) is 12.8 Å². The average Bonchev–Trinajstić information content (AvgIpc) is 2.82. The predicted octanol–water partition coefficient (Wildman–Crippen LogP) is 2.46. The first kappa shape index (κ1) is 12.8. The number of anilines is 1. The fourth-order valence-corrected chi connectivity index (χ4v) is 2.33. The first-order valence-electron chi connectivity index (χ1n) is 6.39. The maximum Gasteiger partial charge on any atom is 0.292 e. The minimum atomic E-state index is -0.338. The maximum atomic E-state index is 10.9. The van der Waals surface area contributed by atoms with E-state index in [9.17, 15) is 10.1 Å². The van der Waals surface area contributed by atoms with Crippen molar-refractivity contribution in [3.05, 3.63) is 33.9 Å². The SMILES string of the molecule is Cc1ccc([N+](=O)[O-])c(NCC[C@@H]2CCCN2)c1. The second-order valence-electron chi connectivity index (χ2n) is 4.79. The van der Waals surface area contributed by atoms with E-state index < -0.39 is 0 Å². The van der Waals surface area contributed by atoms with E-state index in [0.717, 1.165) is 25.1 Å². The summed E-state index contributed by atoms with van der Waals surface area (Å²) in [4.78, 5) is 10.6. The van der Waals surface area contributed by atoms with Crippen LogP contribution < -0.4 is 10.6 Å². The minimum absolute atomic E-state index is 0.153. The normalized spacial score (nSPS) is 18.8. The number of nitro groups is 1. The summed E-state index contributed by atoms with van der Waals surface area (Å²) in [5, 5.41) is 17.5. The second kappa shape index (κ2) is 5.82. The number of aryl methyl sites for hydroxylation is 1.